The van der Waals surface area contributed by atoms with Crippen LogP contribution in [0.25, 0.3) is 0 Å². The van der Waals surface area contributed by atoms with Gasteiger partial charge in [0.1, 0.15) is 11.9 Å². The van der Waals surface area contributed by atoms with Crippen molar-refractivity contribution in [3.8, 4) is 0 Å². The molecule has 2 aromatic heterocycles. The topological polar surface area (TPSA) is 65.5 Å². The number of thiophene rings is 1. The molecule has 2 fully saturated rings. The zero-order valence-electron chi connectivity index (χ0n) is 16.0. The second kappa shape index (κ2) is 8.73. The summed E-state index contributed by atoms with van der Waals surface area (Å²) in [7, 11) is 0. The van der Waals surface area contributed by atoms with Crippen LogP contribution in [0, 0.1) is 0 Å². The fourth-order valence-electron chi connectivity index (χ4n) is 4.00. The number of anilines is 2. The molecule has 2 amide bonds. The van der Waals surface area contributed by atoms with Gasteiger partial charge < -0.3 is 15.1 Å². The van der Waals surface area contributed by atoms with Crippen molar-refractivity contribution in [3.05, 3.63) is 40.7 Å². The van der Waals surface area contributed by atoms with Gasteiger partial charge in [0.25, 0.3) is 0 Å². The van der Waals surface area contributed by atoms with E-state index in [0.717, 1.165) is 30.2 Å². The smallest absolute Gasteiger partial charge is 0.247 e. The highest BCUT2D eigenvalue weighted by Gasteiger charge is 2.34. The standard InChI is InChI=1S/C21H26N4O2S/c26-20(14-17-6-5-13-28-17)25-12-4-7-18(25)21(27)23-16-8-9-19(22-15-16)24-10-2-1-3-11-24/h5-6,8-9,13,15,18H,1-4,7,10-12,14H2,(H,23,27). The number of aromatic nitrogens is 1. The minimum Gasteiger partial charge on any atom is -0.357 e. The summed E-state index contributed by atoms with van der Waals surface area (Å²) >= 11 is 1.57. The van der Waals surface area contributed by atoms with Crippen molar-refractivity contribution < 1.29 is 9.59 Å². The van der Waals surface area contributed by atoms with Gasteiger partial charge in [0.05, 0.1) is 18.3 Å². The van der Waals surface area contributed by atoms with Gasteiger partial charge in [0, 0.05) is 24.5 Å². The average Bonchev–Trinajstić information content (AvgIpc) is 3.41. The summed E-state index contributed by atoms with van der Waals surface area (Å²) in [5, 5.41) is 4.92. The summed E-state index contributed by atoms with van der Waals surface area (Å²) in [6.07, 6.45) is 7.35. The minimum absolute atomic E-state index is 0.0265. The molecule has 4 rings (SSSR count). The maximum atomic E-state index is 12.8. The lowest BCUT2D eigenvalue weighted by Gasteiger charge is -2.27. The number of nitrogens with one attached hydrogen (secondary N) is 1. The largest absolute Gasteiger partial charge is 0.357 e. The van der Waals surface area contributed by atoms with Gasteiger partial charge in [-0.1, -0.05) is 6.07 Å². The van der Waals surface area contributed by atoms with Gasteiger partial charge in [-0.2, -0.15) is 0 Å². The Hall–Kier alpha value is -2.41. The predicted molar refractivity (Wildman–Crippen MR) is 112 cm³/mol. The number of hydrogen-bond donors (Lipinski definition) is 1. The Morgan fingerprint density at radius 3 is 2.68 bits per heavy atom. The zero-order chi connectivity index (χ0) is 19.3. The molecule has 2 saturated heterocycles. The molecule has 0 bridgehead atoms. The molecule has 0 aliphatic carbocycles. The van der Waals surface area contributed by atoms with Gasteiger partial charge in [-0.15, -0.1) is 11.3 Å². The van der Waals surface area contributed by atoms with Crippen LogP contribution in [0.2, 0.25) is 0 Å². The summed E-state index contributed by atoms with van der Waals surface area (Å²) in [5.41, 5.74) is 0.684. The second-order valence-electron chi connectivity index (χ2n) is 7.44. The number of piperidine rings is 1. The van der Waals surface area contributed by atoms with Crippen LogP contribution >= 0.6 is 11.3 Å². The number of rotatable bonds is 5. The van der Waals surface area contributed by atoms with Crippen molar-refractivity contribution in [2.24, 2.45) is 0 Å². The summed E-state index contributed by atoms with van der Waals surface area (Å²) in [5.74, 6) is 0.870. The Morgan fingerprint density at radius 2 is 1.96 bits per heavy atom. The number of carbonyl (C=O) groups is 2. The van der Waals surface area contributed by atoms with Crippen molar-refractivity contribution in [1.82, 2.24) is 9.88 Å². The van der Waals surface area contributed by atoms with Crippen LogP contribution < -0.4 is 10.2 Å². The van der Waals surface area contributed by atoms with Crippen molar-refractivity contribution in [2.45, 2.75) is 44.6 Å². The third-order valence-electron chi connectivity index (χ3n) is 5.48. The summed E-state index contributed by atoms with van der Waals surface area (Å²) in [6.45, 7) is 2.73. The van der Waals surface area contributed by atoms with Gasteiger partial charge in [0.15, 0.2) is 0 Å². The molecule has 28 heavy (non-hydrogen) atoms. The summed E-state index contributed by atoms with van der Waals surface area (Å²) < 4.78 is 0. The zero-order valence-corrected chi connectivity index (χ0v) is 16.8. The molecule has 1 atom stereocenters. The highest BCUT2D eigenvalue weighted by Crippen LogP contribution is 2.23. The second-order valence-corrected chi connectivity index (χ2v) is 8.48. The monoisotopic (exact) mass is 398 g/mol. The summed E-state index contributed by atoms with van der Waals surface area (Å²) in [4.78, 5) is 35.0. The molecule has 2 aliphatic heterocycles. The SMILES string of the molecule is O=C(Nc1ccc(N2CCCCC2)nc1)C1CCCN1C(=O)Cc1cccs1. The molecule has 4 heterocycles. The first-order valence-corrected chi connectivity index (χ1v) is 10.9. The highest BCUT2D eigenvalue weighted by molar-refractivity contribution is 7.10. The molecule has 1 unspecified atom stereocenters. The van der Waals surface area contributed by atoms with Crippen LogP contribution in [-0.4, -0.2) is 47.4 Å². The molecule has 0 spiro atoms. The van der Waals surface area contributed by atoms with Gasteiger partial charge in [0.2, 0.25) is 11.8 Å². The molecule has 1 N–H and O–H groups in total. The van der Waals surface area contributed by atoms with Crippen molar-refractivity contribution in [2.75, 3.05) is 29.9 Å². The quantitative estimate of drug-likeness (QED) is 0.839. The van der Waals surface area contributed by atoms with E-state index in [1.807, 2.05) is 29.6 Å². The fourth-order valence-corrected chi connectivity index (χ4v) is 4.69. The van der Waals surface area contributed by atoms with Crippen molar-refractivity contribution in [1.29, 1.82) is 0 Å². The normalized spacial score (nSPS) is 19.6. The minimum atomic E-state index is -0.394. The number of carbonyl (C=O) groups excluding carboxylic acids is 2. The molecule has 0 aromatic carbocycles. The maximum absolute atomic E-state index is 12.8. The Kier molecular flexibility index (Phi) is 5.90. The lowest BCUT2D eigenvalue weighted by molar-refractivity contribution is -0.136. The van der Waals surface area contributed by atoms with E-state index >= 15 is 0 Å². The molecule has 6 nitrogen and oxygen atoms in total. The molecule has 0 saturated carbocycles. The molecule has 0 radical (unpaired) electrons. The first-order chi connectivity index (χ1) is 13.7. The van der Waals surface area contributed by atoms with Crippen molar-refractivity contribution in [3.63, 3.8) is 0 Å². The van der Waals surface area contributed by atoms with Crippen LogP contribution in [0.3, 0.4) is 0 Å². The van der Waals surface area contributed by atoms with Gasteiger partial charge in [-0.3, -0.25) is 9.59 Å². The van der Waals surface area contributed by atoms with E-state index in [0.29, 0.717) is 25.1 Å². The van der Waals surface area contributed by atoms with E-state index in [1.165, 1.54) is 19.3 Å². The fraction of sp³-hybridized carbons (Fsp3) is 0.476. The lowest BCUT2D eigenvalue weighted by atomic mass is 10.1. The van der Waals surface area contributed by atoms with E-state index < -0.39 is 6.04 Å². The van der Waals surface area contributed by atoms with E-state index in [4.69, 9.17) is 0 Å². The van der Waals surface area contributed by atoms with Gasteiger partial charge in [-0.25, -0.2) is 4.98 Å². The third-order valence-corrected chi connectivity index (χ3v) is 6.35. The predicted octanol–water partition coefficient (Wildman–Crippen LogP) is 3.31. The number of pyridine rings is 1. The molecular formula is C21H26N4O2S. The first-order valence-electron chi connectivity index (χ1n) is 10.0. The third kappa shape index (κ3) is 4.35. The highest BCUT2D eigenvalue weighted by atomic mass is 32.1. The molecule has 7 heteroatoms. The number of hydrogen-bond acceptors (Lipinski definition) is 5. The first kappa shape index (κ1) is 18.9. The molecule has 2 aliphatic rings. The number of likely N-dealkylation sites (tertiary alicyclic amines) is 1. The van der Waals surface area contributed by atoms with Crippen LogP contribution in [0.5, 0.6) is 0 Å². The van der Waals surface area contributed by atoms with Crippen LogP contribution in [0.4, 0.5) is 11.5 Å². The van der Waals surface area contributed by atoms with E-state index in [-0.39, 0.29) is 11.8 Å². The molecule has 2 aromatic rings. The van der Waals surface area contributed by atoms with E-state index in [9.17, 15) is 9.59 Å². The van der Waals surface area contributed by atoms with E-state index in [1.54, 1.807) is 22.4 Å². The Labute approximate surface area is 169 Å². The van der Waals surface area contributed by atoms with Crippen LogP contribution in [0.15, 0.2) is 35.8 Å². The lowest BCUT2D eigenvalue weighted by Crippen LogP contribution is -2.43. The Morgan fingerprint density at radius 1 is 1.11 bits per heavy atom. The van der Waals surface area contributed by atoms with Crippen LogP contribution in [-0.2, 0) is 16.0 Å². The Balaban J connectivity index is 1.36. The Bertz CT molecular complexity index is 800. The molecule has 148 valence electrons. The maximum Gasteiger partial charge on any atom is 0.247 e. The van der Waals surface area contributed by atoms with Gasteiger partial charge in [-0.05, 0) is 55.7 Å². The van der Waals surface area contributed by atoms with Crippen LogP contribution in [0.1, 0.15) is 37.0 Å². The number of amides is 2. The van der Waals surface area contributed by atoms with Gasteiger partial charge >= 0.3 is 0 Å². The number of nitrogens with zero attached hydrogens (tertiary/aromatic N) is 3. The summed E-state index contributed by atoms with van der Waals surface area (Å²) in [6, 6.07) is 7.39. The molecular weight excluding hydrogens is 372 g/mol. The average molecular weight is 399 g/mol. The van der Waals surface area contributed by atoms with E-state index in [2.05, 4.69) is 15.2 Å². The van der Waals surface area contributed by atoms with Crippen molar-refractivity contribution >= 4 is 34.7 Å².